The van der Waals surface area contributed by atoms with Crippen LogP contribution in [-0.2, 0) is 21.5 Å². The lowest BCUT2D eigenvalue weighted by Gasteiger charge is -2.02. The van der Waals surface area contributed by atoms with E-state index in [-0.39, 0.29) is 5.75 Å². The Labute approximate surface area is 88.3 Å². The standard InChI is InChI=1S/C8H11ClN2O2S/c1-6-7(3-9)4-10-8(11-6)5-14(2,12)13/h4H,3,5H2,1-2H3. The summed E-state index contributed by atoms with van der Waals surface area (Å²) >= 11 is 5.62. The number of hydrogen-bond acceptors (Lipinski definition) is 4. The molecule has 1 heterocycles. The Kier molecular flexibility index (Phi) is 3.44. The minimum absolute atomic E-state index is 0.129. The van der Waals surface area contributed by atoms with Gasteiger partial charge in [-0.15, -0.1) is 11.6 Å². The van der Waals surface area contributed by atoms with Gasteiger partial charge >= 0.3 is 0 Å². The van der Waals surface area contributed by atoms with Crippen LogP contribution in [0.4, 0.5) is 0 Å². The van der Waals surface area contributed by atoms with E-state index in [1.165, 1.54) is 0 Å². The van der Waals surface area contributed by atoms with Crippen molar-refractivity contribution in [2.45, 2.75) is 18.6 Å². The largest absolute Gasteiger partial charge is 0.240 e. The molecule has 14 heavy (non-hydrogen) atoms. The summed E-state index contributed by atoms with van der Waals surface area (Å²) in [6, 6.07) is 0. The Bertz CT molecular complexity index is 431. The molecular weight excluding hydrogens is 224 g/mol. The summed E-state index contributed by atoms with van der Waals surface area (Å²) < 4.78 is 21.9. The maximum absolute atomic E-state index is 11.0. The number of aryl methyl sites for hydroxylation is 1. The molecule has 0 saturated carbocycles. The van der Waals surface area contributed by atoms with Crippen molar-refractivity contribution in [1.82, 2.24) is 9.97 Å². The number of hydrogen-bond donors (Lipinski definition) is 0. The molecule has 0 N–H and O–H groups in total. The summed E-state index contributed by atoms with van der Waals surface area (Å²) in [6.07, 6.45) is 2.72. The Balaban J connectivity index is 2.98. The number of halogens is 1. The van der Waals surface area contributed by atoms with Gasteiger partial charge in [0, 0.05) is 23.7 Å². The van der Waals surface area contributed by atoms with Crippen LogP contribution >= 0.6 is 11.6 Å². The minimum Gasteiger partial charge on any atom is -0.240 e. The van der Waals surface area contributed by atoms with Crippen LogP contribution in [0.3, 0.4) is 0 Å². The van der Waals surface area contributed by atoms with E-state index in [1.807, 2.05) is 0 Å². The second-order valence-corrected chi connectivity index (χ2v) is 5.51. The van der Waals surface area contributed by atoms with Crippen LogP contribution in [0.25, 0.3) is 0 Å². The first-order chi connectivity index (χ1) is 6.42. The van der Waals surface area contributed by atoms with E-state index in [2.05, 4.69) is 9.97 Å². The molecule has 0 aliphatic rings. The van der Waals surface area contributed by atoms with Crippen LogP contribution in [0, 0.1) is 6.92 Å². The number of nitrogens with zero attached hydrogens (tertiary/aromatic N) is 2. The summed E-state index contributed by atoms with van der Waals surface area (Å²) in [5.74, 6) is 0.528. The van der Waals surface area contributed by atoms with Crippen molar-refractivity contribution >= 4 is 21.4 Å². The van der Waals surface area contributed by atoms with E-state index in [1.54, 1.807) is 13.1 Å². The second kappa shape index (κ2) is 4.23. The van der Waals surface area contributed by atoms with Gasteiger partial charge in [-0.2, -0.15) is 0 Å². The first-order valence-electron chi connectivity index (χ1n) is 3.97. The van der Waals surface area contributed by atoms with Crippen LogP contribution in [-0.4, -0.2) is 24.6 Å². The van der Waals surface area contributed by atoms with Crippen molar-refractivity contribution in [1.29, 1.82) is 0 Å². The van der Waals surface area contributed by atoms with Crippen LogP contribution in [0.2, 0.25) is 0 Å². The van der Waals surface area contributed by atoms with E-state index in [0.717, 1.165) is 17.5 Å². The monoisotopic (exact) mass is 234 g/mol. The molecule has 1 rings (SSSR count). The molecule has 0 atom stereocenters. The van der Waals surface area contributed by atoms with Gasteiger partial charge in [0.25, 0.3) is 0 Å². The summed E-state index contributed by atoms with van der Waals surface area (Å²) in [4.78, 5) is 7.98. The molecule has 6 heteroatoms. The van der Waals surface area contributed by atoms with Crippen molar-refractivity contribution < 1.29 is 8.42 Å². The maximum Gasteiger partial charge on any atom is 0.154 e. The highest BCUT2D eigenvalue weighted by molar-refractivity contribution is 7.89. The average molecular weight is 235 g/mol. The van der Waals surface area contributed by atoms with Crippen molar-refractivity contribution in [3.63, 3.8) is 0 Å². The summed E-state index contributed by atoms with van der Waals surface area (Å²) in [5, 5.41) is 0. The lowest BCUT2D eigenvalue weighted by Crippen LogP contribution is -2.07. The highest BCUT2D eigenvalue weighted by Crippen LogP contribution is 2.08. The molecule has 1 aromatic rings. The topological polar surface area (TPSA) is 59.9 Å². The van der Waals surface area contributed by atoms with Crippen molar-refractivity contribution in [2.75, 3.05) is 6.26 Å². The van der Waals surface area contributed by atoms with Crippen molar-refractivity contribution in [2.24, 2.45) is 0 Å². The molecule has 0 aliphatic carbocycles. The SMILES string of the molecule is Cc1nc(CS(C)(=O)=O)ncc1CCl. The van der Waals surface area contributed by atoms with Crippen LogP contribution in [0.15, 0.2) is 6.20 Å². The molecule has 78 valence electrons. The fourth-order valence-corrected chi connectivity index (χ4v) is 1.85. The zero-order chi connectivity index (χ0) is 10.8. The average Bonchev–Trinajstić information content (AvgIpc) is 2.01. The third-order valence-corrected chi connectivity index (χ3v) is 2.74. The molecule has 0 unspecified atom stereocenters. The number of rotatable bonds is 3. The van der Waals surface area contributed by atoms with Gasteiger partial charge in [-0.1, -0.05) is 0 Å². The van der Waals surface area contributed by atoms with Gasteiger partial charge in [0.1, 0.15) is 11.6 Å². The molecule has 0 aromatic carbocycles. The molecule has 1 aromatic heterocycles. The predicted octanol–water partition coefficient (Wildman–Crippen LogP) is 1.07. The molecule has 4 nitrogen and oxygen atoms in total. The third kappa shape index (κ3) is 3.23. The third-order valence-electron chi connectivity index (χ3n) is 1.67. The van der Waals surface area contributed by atoms with Gasteiger partial charge < -0.3 is 0 Å². The van der Waals surface area contributed by atoms with E-state index < -0.39 is 9.84 Å². The lowest BCUT2D eigenvalue weighted by atomic mass is 10.3. The van der Waals surface area contributed by atoms with Crippen LogP contribution < -0.4 is 0 Å². The van der Waals surface area contributed by atoms with Gasteiger partial charge in [0.2, 0.25) is 0 Å². The van der Waals surface area contributed by atoms with Gasteiger partial charge in [0.15, 0.2) is 9.84 Å². The lowest BCUT2D eigenvalue weighted by molar-refractivity contribution is 0.599. The van der Waals surface area contributed by atoms with Crippen molar-refractivity contribution in [3.8, 4) is 0 Å². The first-order valence-corrected chi connectivity index (χ1v) is 6.57. The van der Waals surface area contributed by atoms with E-state index >= 15 is 0 Å². The van der Waals surface area contributed by atoms with Crippen LogP contribution in [0.1, 0.15) is 17.1 Å². The Morgan fingerprint density at radius 3 is 2.57 bits per heavy atom. The van der Waals surface area contributed by atoms with Crippen LogP contribution in [0.5, 0.6) is 0 Å². The summed E-state index contributed by atoms with van der Waals surface area (Å²) in [7, 11) is -3.07. The van der Waals surface area contributed by atoms with E-state index in [0.29, 0.717) is 11.7 Å². The van der Waals surface area contributed by atoms with Gasteiger partial charge in [-0.25, -0.2) is 18.4 Å². The maximum atomic E-state index is 11.0. The molecule has 0 bridgehead atoms. The van der Waals surface area contributed by atoms with Gasteiger partial charge in [0.05, 0.1) is 5.88 Å². The zero-order valence-electron chi connectivity index (χ0n) is 7.99. The molecule has 0 aliphatic heterocycles. The quantitative estimate of drug-likeness (QED) is 0.734. The Morgan fingerprint density at radius 2 is 2.14 bits per heavy atom. The minimum atomic E-state index is -3.07. The normalized spacial score (nSPS) is 11.6. The van der Waals surface area contributed by atoms with Gasteiger partial charge in [-0.3, -0.25) is 0 Å². The molecule has 0 saturated heterocycles. The Morgan fingerprint density at radius 1 is 1.50 bits per heavy atom. The van der Waals surface area contributed by atoms with Gasteiger partial charge in [-0.05, 0) is 6.92 Å². The molecular formula is C8H11ClN2O2S. The van der Waals surface area contributed by atoms with E-state index in [9.17, 15) is 8.42 Å². The number of alkyl halides is 1. The number of aromatic nitrogens is 2. The fraction of sp³-hybridized carbons (Fsp3) is 0.500. The summed E-state index contributed by atoms with van der Waals surface area (Å²) in [6.45, 7) is 1.78. The predicted molar refractivity (Wildman–Crippen MR) is 54.9 cm³/mol. The zero-order valence-corrected chi connectivity index (χ0v) is 9.56. The molecule has 0 amide bonds. The molecule has 0 radical (unpaired) electrons. The first kappa shape index (κ1) is 11.4. The molecule has 0 spiro atoms. The second-order valence-electron chi connectivity index (χ2n) is 3.10. The van der Waals surface area contributed by atoms with Crippen molar-refractivity contribution in [3.05, 3.63) is 23.3 Å². The highest BCUT2D eigenvalue weighted by Gasteiger charge is 2.08. The highest BCUT2D eigenvalue weighted by atomic mass is 35.5. The Hall–Kier alpha value is -0.680. The fourth-order valence-electron chi connectivity index (χ4n) is 0.975. The van der Waals surface area contributed by atoms with E-state index in [4.69, 9.17) is 11.6 Å². The smallest absolute Gasteiger partial charge is 0.154 e. The number of sulfone groups is 1. The summed E-state index contributed by atoms with van der Waals surface area (Å²) in [5.41, 5.74) is 1.55. The molecule has 0 fully saturated rings.